The Labute approximate surface area is 159 Å². The van der Waals surface area contributed by atoms with Crippen LogP contribution in [0.2, 0.25) is 0 Å². The van der Waals surface area contributed by atoms with Gasteiger partial charge in [-0.15, -0.1) is 0 Å². The summed E-state index contributed by atoms with van der Waals surface area (Å²) in [5.74, 6) is -0.371. The smallest absolute Gasteiger partial charge is 0.308 e. The number of nitrogens with one attached hydrogen (secondary N) is 2. The minimum absolute atomic E-state index is 0.0157. The lowest BCUT2D eigenvalue weighted by Crippen LogP contribution is -2.58. The van der Waals surface area contributed by atoms with Crippen molar-refractivity contribution in [2.45, 2.75) is 32.2 Å². The van der Waals surface area contributed by atoms with Crippen LogP contribution in [0.4, 0.5) is 5.69 Å². The first kappa shape index (κ1) is 20.5. The first-order valence-electron chi connectivity index (χ1n) is 9.16. The third kappa shape index (κ3) is 6.16. The van der Waals surface area contributed by atoms with Gasteiger partial charge in [0.05, 0.1) is 26.7 Å². The Morgan fingerprint density at radius 1 is 1.37 bits per heavy atom. The van der Waals surface area contributed by atoms with Crippen molar-refractivity contribution in [2.75, 3.05) is 38.7 Å². The molecule has 1 aromatic carbocycles. The molecule has 1 saturated heterocycles. The number of benzene rings is 1. The highest BCUT2D eigenvalue weighted by Crippen LogP contribution is 2.17. The summed E-state index contributed by atoms with van der Waals surface area (Å²) in [4.78, 5) is 38.2. The highest BCUT2D eigenvalue weighted by atomic mass is 16.5. The third-order valence-corrected chi connectivity index (χ3v) is 4.29. The molecule has 2 amide bonds. The van der Waals surface area contributed by atoms with E-state index in [1.165, 1.54) is 4.90 Å². The van der Waals surface area contributed by atoms with Gasteiger partial charge in [-0.25, -0.2) is 0 Å². The maximum atomic E-state index is 12.6. The van der Waals surface area contributed by atoms with Crippen molar-refractivity contribution in [1.29, 1.82) is 0 Å². The monoisotopic (exact) mass is 377 g/mol. The number of ether oxygens (including phenoxy) is 2. The quantitative estimate of drug-likeness (QED) is 0.495. The number of nitrogens with zero attached hydrogens (tertiary/aromatic N) is 1. The van der Waals surface area contributed by atoms with Crippen molar-refractivity contribution < 1.29 is 23.9 Å². The zero-order valence-corrected chi connectivity index (χ0v) is 15.8. The number of hydrogen-bond donors (Lipinski definition) is 2. The summed E-state index contributed by atoms with van der Waals surface area (Å²) in [6.07, 6.45) is 1.55. The van der Waals surface area contributed by atoms with Crippen LogP contribution < -0.4 is 15.4 Å². The van der Waals surface area contributed by atoms with Gasteiger partial charge in [0.25, 0.3) is 0 Å². The highest BCUT2D eigenvalue weighted by Gasteiger charge is 2.34. The number of carbonyl (C=O) groups excluding carboxylic acids is 3. The summed E-state index contributed by atoms with van der Waals surface area (Å²) in [5.41, 5.74) is 0.736. The topological polar surface area (TPSA) is 97.0 Å². The molecule has 8 heteroatoms. The van der Waals surface area contributed by atoms with Gasteiger partial charge in [0.2, 0.25) is 11.8 Å². The van der Waals surface area contributed by atoms with Gasteiger partial charge in [-0.05, 0) is 18.6 Å². The maximum Gasteiger partial charge on any atom is 0.308 e. The Bertz CT molecular complexity index is 665. The number of unbranched alkanes of at least 4 members (excludes halogenated alkanes) is 1. The summed E-state index contributed by atoms with van der Waals surface area (Å²) in [6, 6.07) is 6.38. The first-order chi connectivity index (χ1) is 13.0. The number of carbonyl (C=O) groups is 3. The molecule has 1 heterocycles. The van der Waals surface area contributed by atoms with Gasteiger partial charge in [0, 0.05) is 24.8 Å². The van der Waals surface area contributed by atoms with Crippen LogP contribution in [-0.2, 0) is 19.1 Å². The van der Waals surface area contributed by atoms with Crippen LogP contribution >= 0.6 is 0 Å². The van der Waals surface area contributed by atoms with Gasteiger partial charge >= 0.3 is 5.97 Å². The Balaban J connectivity index is 1.94. The van der Waals surface area contributed by atoms with E-state index in [1.54, 1.807) is 13.2 Å². The molecule has 2 rings (SSSR count). The molecule has 0 radical (unpaired) electrons. The second-order valence-electron chi connectivity index (χ2n) is 6.26. The fraction of sp³-hybridized carbons (Fsp3) is 0.526. The average Bonchev–Trinajstić information content (AvgIpc) is 2.68. The Hall–Kier alpha value is -2.77. The van der Waals surface area contributed by atoms with Crippen LogP contribution in [0.15, 0.2) is 24.3 Å². The van der Waals surface area contributed by atoms with Crippen LogP contribution in [0.1, 0.15) is 26.2 Å². The molecule has 27 heavy (non-hydrogen) atoms. The molecule has 0 aliphatic carbocycles. The molecule has 0 bridgehead atoms. The van der Waals surface area contributed by atoms with Gasteiger partial charge in [0.15, 0.2) is 0 Å². The van der Waals surface area contributed by atoms with Crippen molar-refractivity contribution in [1.82, 2.24) is 10.2 Å². The molecule has 0 spiro atoms. The number of methoxy groups -OCH3 is 1. The van der Waals surface area contributed by atoms with E-state index in [-0.39, 0.29) is 24.8 Å². The van der Waals surface area contributed by atoms with Crippen molar-refractivity contribution in [3.05, 3.63) is 24.3 Å². The largest absolute Gasteiger partial charge is 0.497 e. The van der Waals surface area contributed by atoms with Crippen LogP contribution in [0.25, 0.3) is 0 Å². The molecular weight excluding hydrogens is 350 g/mol. The fourth-order valence-electron chi connectivity index (χ4n) is 2.78. The lowest BCUT2D eigenvalue weighted by molar-refractivity contribution is -0.151. The van der Waals surface area contributed by atoms with Crippen molar-refractivity contribution in [3.63, 3.8) is 0 Å². The van der Waals surface area contributed by atoms with E-state index in [9.17, 15) is 14.4 Å². The number of anilines is 1. The van der Waals surface area contributed by atoms with E-state index in [4.69, 9.17) is 9.47 Å². The first-order valence-corrected chi connectivity index (χ1v) is 9.16. The lowest BCUT2D eigenvalue weighted by atomic mass is 10.1. The minimum atomic E-state index is -0.840. The molecule has 8 nitrogen and oxygen atoms in total. The van der Waals surface area contributed by atoms with Crippen LogP contribution in [0.5, 0.6) is 5.75 Å². The summed E-state index contributed by atoms with van der Waals surface area (Å²) in [6.45, 7) is 3.07. The molecule has 1 aromatic rings. The van der Waals surface area contributed by atoms with Gasteiger partial charge < -0.3 is 25.0 Å². The van der Waals surface area contributed by atoms with Crippen molar-refractivity contribution in [3.8, 4) is 5.75 Å². The molecule has 0 saturated carbocycles. The molecule has 2 N–H and O–H groups in total. The second kappa shape index (κ2) is 10.4. The number of rotatable bonds is 9. The van der Waals surface area contributed by atoms with Gasteiger partial charge in [0.1, 0.15) is 11.8 Å². The predicted octanol–water partition coefficient (Wildman–Crippen LogP) is 1.17. The number of hydrogen-bond acceptors (Lipinski definition) is 6. The fourth-order valence-corrected chi connectivity index (χ4v) is 2.78. The molecule has 148 valence electrons. The van der Waals surface area contributed by atoms with Crippen LogP contribution in [0.3, 0.4) is 0 Å². The second-order valence-corrected chi connectivity index (χ2v) is 6.26. The van der Waals surface area contributed by atoms with Crippen molar-refractivity contribution in [2.24, 2.45) is 0 Å². The number of amides is 2. The summed E-state index contributed by atoms with van der Waals surface area (Å²) < 4.78 is 10.3. The molecule has 1 atom stereocenters. The Kier molecular flexibility index (Phi) is 7.91. The highest BCUT2D eigenvalue weighted by molar-refractivity contribution is 5.93. The van der Waals surface area contributed by atoms with Gasteiger partial charge in [-0.3, -0.25) is 14.4 Å². The van der Waals surface area contributed by atoms with Crippen molar-refractivity contribution >= 4 is 23.5 Å². The van der Waals surface area contributed by atoms with Gasteiger partial charge in [-0.1, -0.05) is 19.4 Å². The minimum Gasteiger partial charge on any atom is -0.497 e. The molecular formula is C19H27N3O5. The summed E-state index contributed by atoms with van der Waals surface area (Å²) in [7, 11) is 1.57. The zero-order valence-electron chi connectivity index (χ0n) is 15.8. The normalized spacial score (nSPS) is 16.4. The predicted molar refractivity (Wildman–Crippen MR) is 100 cm³/mol. The summed E-state index contributed by atoms with van der Waals surface area (Å²) >= 11 is 0. The lowest BCUT2D eigenvalue weighted by Gasteiger charge is -2.34. The van der Waals surface area contributed by atoms with E-state index in [0.29, 0.717) is 25.4 Å². The molecule has 1 aliphatic heterocycles. The third-order valence-electron chi connectivity index (χ3n) is 4.29. The Morgan fingerprint density at radius 2 is 2.19 bits per heavy atom. The van der Waals surface area contributed by atoms with E-state index >= 15 is 0 Å². The molecule has 1 unspecified atom stereocenters. The zero-order chi connectivity index (χ0) is 19.6. The summed E-state index contributed by atoms with van der Waals surface area (Å²) in [5, 5.41) is 5.73. The SMILES string of the molecule is CCCCOC(=O)CC1C(=O)NCCN1C(=O)CNc1cccc(OC)c1. The van der Waals surface area contributed by atoms with Crippen LogP contribution in [0, 0.1) is 0 Å². The molecule has 0 aromatic heterocycles. The van der Waals surface area contributed by atoms with E-state index in [2.05, 4.69) is 10.6 Å². The Morgan fingerprint density at radius 3 is 2.93 bits per heavy atom. The maximum absolute atomic E-state index is 12.6. The van der Waals surface area contributed by atoms with E-state index < -0.39 is 12.0 Å². The van der Waals surface area contributed by atoms with E-state index in [1.807, 2.05) is 25.1 Å². The van der Waals surface area contributed by atoms with Gasteiger partial charge in [-0.2, -0.15) is 0 Å². The average molecular weight is 377 g/mol. The standard InChI is InChI=1S/C19H27N3O5/c1-3-4-10-27-18(24)12-16-19(25)20-8-9-22(16)17(23)13-21-14-6-5-7-15(11-14)26-2/h5-7,11,16,21H,3-4,8-10,12-13H2,1-2H3,(H,20,25). The molecule has 1 fully saturated rings. The van der Waals surface area contributed by atoms with Crippen LogP contribution in [-0.4, -0.2) is 62.1 Å². The van der Waals surface area contributed by atoms with E-state index in [0.717, 1.165) is 18.5 Å². The molecule has 1 aliphatic rings. The number of piperazine rings is 1. The number of esters is 1.